The third-order valence-electron chi connectivity index (χ3n) is 6.30. The van der Waals surface area contributed by atoms with Crippen molar-refractivity contribution in [2.24, 2.45) is 0 Å². The van der Waals surface area contributed by atoms with Crippen LogP contribution in [0.5, 0.6) is 0 Å². The summed E-state index contributed by atoms with van der Waals surface area (Å²) in [6.07, 6.45) is 1.90. The summed E-state index contributed by atoms with van der Waals surface area (Å²) in [7, 11) is 0. The molecule has 1 amide bonds. The number of nitrogens with zero attached hydrogens (tertiary/aromatic N) is 5. The number of amides is 1. The van der Waals surface area contributed by atoms with Crippen molar-refractivity contribution in [3.05, 3.63) is 76.7 Å². The minimum absolute atomic E-state index is 0.0841. The highest BCUT2D eigenvalue weighted by Gasteiger charge is 2.21. The minimum atomic E-state index is -0.198. The Hall–Kier alpha value is -2.84. The molecule has 1 aliphatic heterocycles. The van der Waals surface area contributed by atoms with E-state index in [0.29, 0.717) is 53.5 Å². The predicted octanol–water partition coefficient (Wildman–Crippen LogP) is 6.15. The summed E-state index contributed by atoms with van der Waals surface area (Å²) in [5, 5.41) is 1.01. The number of piperazine rings is 1. The largest absolute Gasteiger partial charge is 0.366 e. The average molecular weight is 542 g/mol. The lowest BCUT2D eigenvalue weighted by molar-refractivity contribution is 0.0755. The highest BCUT2D eigenvalue weighted by atomic mass is 35.5. The highest BCUT2D eigenvalue weighted by Crippen LogP contribution is 2.27. The van der Waals surface area contributed by atoms with Crippen LogP contribution in [-0.4, -0.2) is 60.0 Å². The Balaban J connectivity index is 1.35. The fraction of sp³-hybridized carbons (Fsp3) is 0.393. The van der Waals surface area contributed by atoms with Gasteiger partial charge in [0.25, 0.3) is 5.91 Å². The molecule has 0 unspecified atom stereocenters. The van der Waals surface area contributed by atoms with E-state index in [4.69, 9.17) is 16.6 Å². The Morgan fingerprint density at radius 1 is 0.973 bits per heavy atom. The van der Waals surface area contributed by atoms with E-state index in [0.717, 1.165) is 37.3 Å². The molecular weight excluding hydrogens is 509 g/mol. The third kappa shape index (κ3) is 7.14. The fourth-order valence-corrected chi connectivity index (χ4v) is 5.46. The number of anilines is 2. The number of aromatic nitrogens is 2. The summed E-state index contributed by atoms with van der Waals surface area (Å²) < 4.78 is 14.2. The Morgan fingerprint density at radius 2 is 1.62 bits per heavy atom. The number of hydrogen-bond donors (Lipinski definition) is 0. The molecule has 0 bridgehead atoms. The second-order valence-electron chi connectivity index (χ2n) is 9.03. The van der Waals surface area contributed by atoms with Gasteiger partial charge in [-0.3, -0.25) is 4.79 Å². The first-order valence-corrected chi connectivity index (χ1v) is 14.1. The maximum atomic E-state index is 14.2. The molecule has 0 radical (unpaired) electrons. The molecule has 196 valence electrons. The van der Waals surface area contributed by atoms with Crippen LogP contribution in [0.1, 0.15) is 42.6 Å². The van der Waals surface area contributed by atoms with Gasteiger partial charge in [-0.15, -0.1) is 0 Å². The van der Waals surface area contributed by atoms with E-state index in [-0.39, 0.29) is 11.7 Å². The molecular formula is C28H33ClFN5OS. The molecule has 2 aromatic carbocycles. The van der Waals surface area contributed by atoms with Crippen molar-refractivity contribution in [3.63, 3.8) is 0 Å². The Bertz CT molecular complexity index is 1180. The smallest absolute Gasteiger partial charge is 0.253 e. The van der Waals surface area contributed by atoms with Gasteiger partial charge < -0.3 is 14.7 Å². The van der Waals surface area contributed by atoms with Crippen molar-refractivity contribution in [1.29, 1.82) is 0 Å². The van der Waals surface area contributed by atoms with E-state index < -0.39 is 0 Å². The molecule has 0 saturated carbocycles. The van der Waals surface area contributed by atoms with Crippen LogP contribution in [-0.2, 0) is 5.75 Å². The topological polar surface area (TPSA) is 52.6 Å². The van der Waals surface area contributed by atoms with Crippen LogP contribution < -0.4 is 9.80 Å². The number of carbonyl (C=O) groups is 1. The van der Waals surface area contributed by atoms with Gasteiger partial charge in [-0.05, 0) is 42.7 Å². The van der Waals surface area contributed by atoms with Crippen molar-refractivity contribution in [2.45, 2.75) is 37.6 Å². The first-order valence-electron chi connectivity index (χ1n) is 12.8. The van der Waals surface area contributed by atoms with Gasteiger partial charge in [-0.1, -0.05) is 61.5 Å². The molecule has 1 aliphatic rings. The number of hydrogen-bond acceptors (Lipinski definition) is 6. The third-order valence-corrected chi connectivity index (χ3v) is 7.41. The van der Waals surface area contributed by atoms with Gasteiger partial charge in [-0.2, -0.15) is 0 Å². The van der Waals surface area contributed by atoms with Crippen molar-refractivity contribution in [3.8, 4) is 0 Å². The summed E-state index contributed by atoms with van der Waals surface area (Å²) in [6, 6.07) is 16.4. The molecule has 1 fully saturated rings. The molecule has 0 aliphatic carbocycles. The molecule has 0 N–H and O–H groups in total. The van der Waals surface area contributed by atoms with Gasteiger partial charge in [0.05, 0.1) is 5.69 Å². The van der Waals surface area contributed by atoms with Crippen molar-refractivity contribution >= 4 is 40.8 Å². The Kier molecular flexibility index (Phi) is 9.63. The van der Waals surface area contributed by atoms with E-state index in [1.165, 1.54) is 17.8 Å². The van der Waals surface area contributed by atoms with E-state index >= 15 is 0 Å². The SMILES string of the molecule is CCCN(CCC)C(=O)c1ccc(CSc2nc(Cl)cc(N3CCN(c4ccccc4F)CC3)n2)cc1. The second-order valence-corrected chi connectivity index (χ2v) is 10.4. The zero-order chi connectivity index (χ0) is 26.2. The monoisotopic (exact) mass is 541 g/mol. The molecule has 37 heavy (non-hydrogen) atoms. The Morgan fingerprint density at radius 3 is 2.27 bits per heavy atom. The molecule has 2 heterocycles. The summed E-state index contributed by atoms with van der Waals surface area (Å²) in [6.45, 7) is 8.56. The van der Waals surface area contributed by atoms with E-state index in [1.54, 1.807) is 12.1 Å². The molecule has 6 nitrogen and oxygen atoms in total. The van der Waals surface area contributed by atoms with Crippen molar-refractivity contribution < 1.29 is 9.18 Å². The fourth-order valence-electron chi connectivity index (χ4n) is 4.43. The van der Waals surface area contributed by atoms with Gasteiger partial charge in [0.15, 0.2) is 5.16 Å². The van der Waals surface area contributed by atoms with Gasteiger partial charge in [0, 0.05) is 56.7 Å². The molecule has 1 aromatic heterocycles. The zero-order valence-corrected chi connectivity index (χ0v) is 22.9. The molecule has 3 aromatic rings. The lowest BCUT2D eigenvalue weighted by atomic mass is 10.1. The van der Waals surface area contributed by atoms with Crippen molar-refractivity contribution in [2.75, 3.05) is 49.1 Å². The molecule has 9 heteroatoms. The highest BCUT2D eigenvalue weighted by molar-refractivity contribution is 7.98. The van der Waals surface area contributed by atoms with Crippen LogP contribution in [0.25, 0.3) is 0 Å². The number of para-hydroxylation sites is 1. The molecule has 4 rings (SSSR count). The molecule has 1 saturated heterocycles. The predicted molar refractivity (Wildman–Crippen MR) is 150 cm³/mol. The summed E-state index contributed by atoms with van der Waals surface area (Å²) in [5.41, 5.74) is 2.43. The van der Waals surface area contributed by atoms with Crippen LogP contribution in [0.15, 0.2) is 59.8 Å². The quantitative estimate of drug-likeness (QED) is 0.174. The van der Waals surface area contributed by atoms with Gasteiger partial charge in [-0.25, -0.2) is 14.4 Å². The minimum Gasteiger partial charge on any atom is -0.366 e. The number of benzene rings is 2. The average Bonchev–Trinajstić information content (AvgIpc) is 2.92. The maximum Gasteiger partial charge on any atom is 0.253 e. The molecule has 0 spiro atoms. The van der Waals surface area contributed by atoms with Gasteiger partial charge in [0.2, 0.25) is 0 Å². The zero-order valence-electron chi connectivity index (χ0n) is 21.4. The first-order chi connectivity index (χ1) is 18.0. The van der Waals surface area contributed by atoms with E-state index in [9.17, 15) is 9.18 Å². The Labute approximate surface area is 227 Å². The van der Waals surface area contributed by atoms with E-state index in [1.807, 2.05) is 41.3 Å². The van der Waals surface area contributed by atoms with Crippen LogP contribution in [0.3, 0.4) is 0 Å². The van der Waals surface area contributed by atoms with Crippen molar-refractivity contribution in [1.82, 2.24) is 14.9 Å². The van der Waals surface area contributed by atoms with E-state index in [2.05, 4.69) is 28.6 Å². The summed E-state index contributed by atoms with van der Waals surface area (Å²) >= 11 is 7.85. The standard InChI is InChI=1S/C28H33ClFN5OS/c1-3-13-35(14-4-2)27(36)22-11-9-21(10-12-22)20-37-28-31-25(29)19-26(32-28)34-17-15-33(16-18-34)24-8-6-5-7-23(24)30/h5-12,19H,3-4,13-18,20H2,1-2H3. The lowest BCUT2D eigenvalue weighted by Crippen LogP contribution is -2.47. The number of halogens is 2. The van der Waals surface area contributed by atoms with Gasteiger partial charge in [0.1, 0.15) is 16.8 Å². The molecule has 0 atom stereocenters. The first kappa shape index (κ1) is 27.2. The lowest BCUT2D eigenvalue weighted by Gasteiger charge is -2.36. The normalized spacial score (nSPS) is 13.6. The number of thioether (sulfide) groups is 1. The second kappa shape index (κ2) is 13.1. The van der Waals surface area contributed by atoms with Crippen LogP contribution >= 0.6 is 23.4 Å². The summed E-state index contributed by atoms with van der Waals surface area (Å²) in [5.74, 6) is 1.34. The maximum absolute atomic E-state index is 14.2. The number of rotatable bonds is 10. The summed E-state index contributed by atoms with van der Waals surface area (Å²) in [4.78, 5) is 28.1. The van der Waals surface area contributed by atoms with Crippen LogP contribution in [0, 0.1) is 5.82 Å². The van der Waals surface area contributed by atoms with Crippen LogP contribution in [0.2, 0.25) is 5.15 Å². The van der Waals surface area contributed by atoms with Crippen LogP contribution in [0.4, 0.5) is 15.9 Å². The van der Waals surface area contributed by atoms with Gasteiger partial charge >= 0.3 is 0 Å². The number of carbonyl (C=O) groups excluding carboxylic acids is 1.